The first-order chi connectivity index (χ1) is 10.5. The Balaban J connectivity index is 1.78. The number of aryl methyl sites for hydroxylation is 1. The van der Waals surface area contributed by atoms with E-state index in [2.05, 4.69) is 15.5 Å². The number of nitrogens with zero attached hydrogens (tertiary/aromatic N) is 3. The third-order valence-electron chi connectivity index (χ3n) is 3.22. The minimum absolute atomic E-state index is 0.00128. The van der Waals surface area contributed by atoms with Crippen LogP contribution in [0.3, 0.4) is 0 Å². The van der Waals surface area contributed by atoms with Crippen LogP contribution in [0.1, 0.15) is 17.3 Å². The molecule has 0 spiro atoms. The summed E-state index contributed by atoms with van der Waals surface area (Å²) in [6.07, 6.45) is 1.59. The zero-order valence-corrected chi connectivity index (χ0v) is 12.9. The molecule has 1 amide bonds. The molecular weight excluding hydrogens is 304 g/mol. The summed E-state index contributed by atoms with van der Waals surface area (Å²) in [4.78, 5) is 23.9. The van der Waals surface area contributed by atoms with Gasteiger partial charge in [0.1, 0.15) is 12.1 Å². The summed E-state index contributed by atoms with van der Waals surface area (Å²) in [5.41, 5.74) is 1.05. The lowest BCUT2D eigenvalue weighted by atomic mass is 10.1. The molecule has 1 N–H and O–H groups in total. The lowest BCUT2D eigenvalue weighted by molar-refractivity contribution is -0.118. The summed E-state index contributed by atoms with van der Waals surface area (Å²) in [6.45, 7) is 1.81. The van der Waals surface area contributed by atoms with Gasteiger partial charge < -0.3 is 14.6 Å². The van der Waals surface area contributed by atoms with Crippen LogP contribution in [0.15, 0.2) is 29.7 Å². The summed E-state index contributed by atoms with van der Waals surface area (Å²) in [5.74, 6) is 0.305. The molecule has 2 heterocycles. The Hall–Kier alpha value is -2.35. The third kappa shape index (κ3) is 2.82. The van der Waals surface area contributed by atoms with Crippen LogP contribution in [0.2, 0.25) is 0 Å². The molecule has 1 aliphatic heterocycles. The predicted octanol–water partition coefficient (Wildman–Crippen LogP) is 1.51. The maximum Gasteiger partial charge on any atom is 0.262 e. The molecule has 2 aromatic rings. The number of ether oxygens (including phenoxy) is 1. The lowest BCUT2D eigenvalue weighted by Crippen LogP contribution is -2.25. The number of Topliss-reactive ketones (excluding diaryl/α,β-unsaturated/α-hetero) is 1. The average molecular weight is 318 g/mol. The van der Waals surface area contributed by atoms with E-state index >= 15 is 0 Å². The van der Waals surface area contributed by atoms with Gasteiger partial charge in [-0.05, 0) is 25.1 Å². The molecule has 3 rings (SSSR count). The van der Waals surface area contributed by atoms with Gasteiger partial charge in [0.15, 0.2) is 17.5 Å². The smallest absolute Gasteiger partial charge is 0.262 e. The number of fused-ring (bicyclic) bond motifs is 1. The first-order valence-corrected chi connectivity index (χ1v) is 7.54. The van der Waals surface area contributed by atoms with Gasteiger partial charge in [-0.3, -0.25) is 9.59 Å². The van der Waals surface area contributed by atoms with Crippen molar-refractivity contribution >= 4 is 29.1 Å². The number of hydrogen-bond acceptors (Lipinski definition) is 6. The summed E-state index contributed by atoms with van der Waals surface area (Å²) < 4.78 is 7.04. The highest BCUT2D eigenvalue weighted by molar-refractivity contribution is 8.00. The van der Waals surface area contributed by atoms with Gasteiger partial charge in [-0.15, -0.1) is 10.2 Å². The Bertz CT molecular complexity index is 743. The number of hydrogen-bond donors (Lipinski definition) is 1. The van der Waals surface area contributed by atoms with Crippen LogP contribution in [0, 0.1) is 0 Å². The molecule has 114 valence electrons. The fourth-order valence-corrected chi connectivity index (χ4v) is 2.93. The maximum absolute atomic E-state index is 12.5. The van der Waals surface area contributed by atoms with E-state index in [1.54, 1.807) is 29.1 Å². The number of benzene rings is 1. The van der Waals surface area contributed by atoms with Gasteiger partial charge >= 0.3 is 0 Å². The van der Waals surface area contributed by atoms with E-state index in [-0.39, 0.29) is 23.5 Å². The first kappa shape index (κ1) is 14.6. The molecule has 22 heavy (non-hydrogen) atoms. The van der Waals surface area contributed by atoms with Gasteiger partial charge in [-0.25, -0.2) is 0 Å². The molecule has 0 fully saturated rings. The highest BCUT2D eigenvalue weighted by Gasteiger charge is 2.22. The minimum Gasteiger partial charge on any atom is -0.482 e. The van der Waals surface area contributed by atoms with E-state index in [9.17, 15) is 9.59 Å². The van der Waals surface area contributed by atoms with Crippen molar-refractivity contribution in [2.75, 3.05) is 11.9 Å². The third-order valence-corrected chi connectivity index (χ3v) is 4.37. The number of aromatic nitrogens is 3. The van der Waals surface area contributed by atoms with E-state index in [0.29, 0.717) is 22.2 Å². The van der Waals surface area contributed by atoms with Gasteiger partial charge in [0.05, 0.1) is 10.9 Å². The molecule has 0 bridgehead atoms. The molecule has 7 nitrogen and oxygen atoms in total. The standard InChI is InChI=1S/C14H14N4O3S/c1-8(22-14-17-15-7-18(14)2)13(20)9-3-4-11-10(5-9)16-12(19)6-21-11/h3-5,7-8H,6H2,1-2H3,(H,16,19)/t8-/m0/s1. The Kier molecular flexibility index (Phi) is 3.84. The number of anilines is 1. The zero-order chi connectivity index (χ0) is 15.7. The summed E-state index contributed by atoms with van der Waals surface area (Å²) >= 11 is 1.34. The van der Waals surface area contributed by atoms with Crippen LogP contribution in [-0.2, 0) is 11.8 Å². The van der Waals surface area contributed by atoms with E-state index in [4.69, 9.17) is 4.74 Å². The number of thioether (sulfide) groups is 1. The van der Waals surface area contributed by atoms with Crippen molar-refractivity contribution in [3.05, 3.63) is 30.1 Å². The number of carbonyl (C=O) groups excluding carboxylic acids is 2. The van der Waals surface area contributed by atoms with Crippen LogP contribution in [0.4, 0.5) is 5.69 Å². The fourth-order valence-electron chi connectivity index (χ4n) is 2.06. The van der Waals surface area contributed by atoms with Gasteiger partial charge in [-0.2, -0.15) is 0 Å². The second kappa shape index (κ2) is 5.80. The average Bonchev–Trinajstić information content (AvgIpc) is 2.90. The molecule has 1 atom stereocenters. The first-order valence-electron chi connectivity index (χ1n) is 6.66. The molecule has 1 aromatic heterocycles. The van der Waals surface area contributed by atoms with Gasteiger partial charge in [0.2, 0.25) is 0 Å². The number of rotatable bonds is 4. The molecule has 0 aliphatic carbocycles. The van der Waals surface area contributed by atoms with Crippen LogP contribution in [0.5, 0.6) is 5.75 Å². The molecule has 0 unspecified atom stereocenters. The molecule has 1 aromatic carbocycles. The SMILES string of the molecule is C[C@H](Sc1nncn1C)C(=O)c1ccc2c(c1)NC(=O)CO2. The Morgan fingerprint density at radius 1 is 1.50 bits per heavy atom. The summed E-state index contributed by atoms with van der Waals surface area (Å²) in [6, 6.07) is 5.04. The summed E-state index contributed by atoms with van der Waals surface area (Å²) in [5, 5.41) is 10.8. The molecule has 0 saturated heterocycles. The topological polar surface area (TPSA) is 86.1 Å². The van der Waals surface area contributed by atoms with Crippen molar-refractivity contribution in [2.24, 2.45) is 7.05 Å². The monoisotopic (exact) mass is 318 g/mol. The minimum atomic E-state index is -0.318. The van der Waals surface area contributed by atoms with Gasteiger partial charge in [-0.1, -0.05) is 11.8 Å². The van der Waals surface area contributed by atoms with Crippen molar-refractivity contribution < 1.29 is 14.3 Å². The molecule has 0 radical (unpaired) electrons. The number of ketones is 1. The molecular formula is C14H14N4O3S. The van der Waals surface area contributed by atoms with E-state index in [0.717, 1.165) is 0 Å². The largest absolute Gasteiger partial charge is 0.482 e. The van der Waals surface area contributed by atoms with Crippen molar-refractivity contribution in [3.63, 3.8) is 0 Å². The van der Waals surface area contributed by atoms with Crippen LogP contribution in [-0.4, -0.2) is 38.3 Å². The van der Waals surface area contributed by atoms with Crippen LogP contribution in [0.25, 0.3) is 0 Å². The number of carbonyl (C=O) groups is 2. The van der Waals surface area contributed by atoms with Gasteiger partial charge in [0.25, 0.3) is 5.91 Å². The molecule has 8 heteroatoms. The quantitative estimate of drug-likeness (QED) is 0.679. The summed E-state index contributed by atoms with van der Waals surface area (Å²) in [7, 11) is 1.82. The zero-order valence-electron chi connectivity index (χ0n) is 12.1. The second-order valence-corrected chi connectivity index (χ2v) is 6.20. The maximum atomic E-state index is 12.5. The predicted molar refractivity (Wildman–Crippen MR) is 81.2 cm³/mol. The van der Waals surface area contributed by atoms with Gasteiger partial charge in [0, 0.05) is 12.6 Å². The number of nitrogens with one attached hydrogen (secondary N) is 1. The van der Waals surface area contributed by atoms with E-state index in [1.807, 2.05) is 14.0 Å². The highest BCUT2D eigenvalue weighted by atomic mass is 32.2. The lowest BCUT2D eigenvalue weighted by Gasteiger charge is -2.18. The van der Waals surface area contributed by atoms with Crippen molar-refractivity contribution in [3.8, 4) is 5.75 Å². The van der Waals surface area contributed by atoms with Crippen molar-refractivity contribution in [1.29, 1.82) is 0 Å². The Morgan fingerprint density at radius 3 is 3.05 bits per heavy atom. The fraction of sp³-hybridized carbons (Fsp3) is 0.286. The normalized spacial score (nSPS) is 14.7. The Morgan fingerprint density at radius 2 is 2.32 bits per heavy atom. The van der Waals surface area contributed by atoms with Crippen molar-refractivity contribution in [1.82, 2.24) is 14.8 Å². The number of amides is 1. The van der Waals surface area contributed by atoms with E-state index < -0.39 is 0 Å². The Labute approximate surface area is 131 Å². The molecule has 0 saturated carbocycles. The van der Waals surface area contributed by atoms with Crippen LogP contribution < -0.4 is 10.1 Å². The van der Waals surface area contributed by atoms with E-state index in [1.165, 1.54) is 11.8 Å². The van der Waals surface area contributed by atoms with Crippen molar-refractivity contribution in [2.45, 2.75) is 17.3 Å². The van der Waals surface area contributed by atoms with Crippen LogP contribution >= 0.6 is 11.8 Å². The second-order valence-electron chi connectivity index (χ2n) is 4.90. The highest BCUT2D eigenvalue weighted by Crippen LogP contribution is 2.30. The molecule has 1 aliphatic rings.